The molecule has 12 aromatic rings. The Bertz CT molecular complexity index is 4010. The maximum absolute atomic E-state index is 6.89. The predicted molar refractivity (Wildman–Crippen MR) is 284 cm³/mol. The molecule has 13 rings (SSSR count). The summed E-state index contributed by atoms with van der Waals surface area (Å²) in [6.45, 7) is 16.1. The number of fused-ring (bicyclic) bond motifs is 6. The highest BCUT2D eigenvalue weighted by Gasteiger charge is 2.35. The molecule has 0 atom stereocenters. The Morgan fingerprint density at radius 1 is 0.448 bits per heavy atom. The molecule has 10 aromatic carbocycles. The fourth-order valence-corrected chi connectivity index (χ4v) is 11.9. The Morgan fingerprint density at radius 2 is 0.985 bits per heavy atom. The van der Waals surface area contributed by atoms with E-state index < -0.39 is 0 Å². The largest absolute Gasteiger partial charge is 0.454 e. The molecule has 0 saturated carbocycles. The molecule has 0 fully saturated rings. The molecule has 0 amide bonds. The van der Waals surface area contributed by atoms with Gasteiger partial charge in [0.1, 0.15) is 11.2 Å². The monoisotopic (exact) mass is 868 g/mol. The molecule has 4 heteroatoms. The van der Waals surface area contributed by atoms with Gasteiger partial charge in [0.15, 0.2) is 11.2 Å². The summed E-state index contributed by atoms with van der Waals surface area (Å²) in [5.74, 6) is 0. The van der Waals surface area contributed by atoms with Crippen LogP contribution < -0.4 is 9.80 Å². The highest BCUT2D eigenvalue weighted by atomic mass is 16.3. The van der Waals surface area contributed by atoms with Crippen LogP contribution in [0.4, 0.5) is 34.1 Å². The van der Waals surface area contributed by atoms with Gasteiger partial charge >= 0.3 is 0 Å². The highest BCUT2D eigenvalue weighted by molar-refractivity contribution is 6.31. The molecule has 4 nitrogen and oxygen atoms in total. The van der Waals surface area contributed by atoms with E-state index >= 15 is 0 Å². The SMILES string of the molecule is CCc1cc(N(c2ccc(C)cc2C)c2cccc3c2oc2ccccc23)c2cc3c4c(cc(N(c5ccc(C)cc5C)c5cccc6c5oc5ccccc56)c5ccc1c2c54)CCC3(C)C. The van der Waals surface area contributed by atoms with Crippen LogP contribution in [0.3, 0.4) is 0 Å². The molecular formula is C63H52N2O2. The van der Waals surface area contributed by atoms with Gasteiger partial charge in [-0.2, -0.15) is 0 Å². The molecule has 0 saturated heterocycles. The van der Waals surface area contributed by atoms with Crippen molar-refractivity contribution in [1.82, 2.24) is 0 Å². The summed E-state index contributed by atoms with van der Waals surface area (Å²) in [6, 6.07) is 56.3. The molecule has 0 N–H and O–H groups in total. The second-order valence-corrected chi connectivity index (χ2v) is 19.9. The minimum Gasteiger partial charge on any atom is -0.454 e. The fourth-order valence-electron chi connectivity index (χ4n) is 11.9. The van der Waals surface area contributed by atoms with Crippen molar-refractivity contribution in [1.29, 1.82) is 0 Å². The number of aryl methyl sites for hydroxylation is 6. The van der Waals surface area contributed by atoms with Gasteiger partial charge in [0, 0.05) is 49.1 Å². The van der Waals surface area contributed by atoms with Gasteiger partial charge in [0.25, 0.3) is 0 Å². The average molecular weight is 869 g/mol. The average Bonchev–Trinajstić information content (AvgIpc) is 3.91. The van der Waals surface area contributed by atoms with Gasteiger partial charge in [-0.05, 0) is 151 Å². The number of para-hydroxylation sites is 4. The first-order valence-electron chi connectivity index (χ1n) is 23.9. The standard InChI is InChI=1S/C63H52N2O2/c1-8-40-33-55(65(51-28-24-37(3)32-39(51)5)53-20-14-18-46-44-16-10-12-22-57(44)67-62(46)53)48-35-49-58-41(29-30-63(49,6)7)34-54(47-26-25-42(40)59(48)60(47)58)64(50-27-23-36(2)31-38(50)4)52-19-13-17-45-43-15-9-11-21-56(43)66-61(45)52/h9-28,31-35H,8,29-30H2,1-7H3. The van der Waals surface area contributed by atoms with E-state index in [0.29, 0.717) is 0 Å². The molecule has 0 unspecified atom stereocenters. The maximum atomic E-state index is 6.89. The number of benzene rings is 10. The summed E-state index contributed by atoms with van der Waals surface area (Å²) in [6.07, 6.45) is 2.93. The van der Waals surface area contributed by atoms with Crippen LogP contribution in [0.25, 0.3) is 76.2 Å². The van der Waals surface area contributed by atoms with Crippen LogP contribution in [-0.2, 0) is 18.3 Å². The number of hydrogen-bond donors (Lipinski definition) is 0. The number of anilines is 6. The fraction of sp³-hybridized carbons (Fsp3) is 0.175. The van der Waals surface area contributed by atoms with Crippen LogP contribution >= 0.6 is 0 Å². The lowest BCUT2D eigenvalue weighted by Gasteiger charge is -2.37. The number of nitrogens with zero attached hydrogens (tertiary/aromatic N) is 2. The van der Waals surface area contributed by atoms with Crippen LogP contribution in [0.2, 0.25) is 0 Å². The van der Waals surface area contributed by atoms with Crippen molar-refractivity contribution in [2.24, 2.45) is 0 Å². The van der Waals surface area contributed by atoms with Gasteiger partial charge in [-0.15, -0.1) is 0 Å². The molecule has 1 aliphatic carbocycles. The van der Waals surface area contributed by atoms with Crippen molar-refractivity contribution >= 4 is 110 Å². The Balaban J connectivity index is 1.18. The minimum atomic E-state index is -0.0571. The zero-order valence-electron chi connectivity index (χ0n) is 39.3. The van der Waals surface area contributed by atoms with Crippen LogP contribution in [0, 0.1) is 27.7 Å². The van der Waals surface area contributed by atoms with Crippen LogP contribution in [0.5, 0.6) is 0 Å². The van der Waals surface area contributed by atoms with Crippen LogP contribution in [0.15, 0.2) is 160 Å². The van der Waals surface area contributed by atoms with E-state index in [9.17, 15) is 0 Å². The molecule has 0 aliphatic heterocycles. The van der Waals surface area contributed by atoms with Gasteiger partial charge in [-0.25, -0.2) is 0 Å². The normalized spacial score (nSPS) is 13.7. The minimum absolute atomic E-state index is 0.0571. The Kier molecular flexibility index (Phi) is 8.59. The lowest BCUT2D eigenvalue weighted by atomic mass is 9.70. The van der Waals surface area contributed by atoms with E-state index in [1.807, 2.05) is 0 Å². The zero-order valence-corrected chi connectivity index (χ0v) is 39.3. The number of hydrogen-bond acceptors (Lipinski definition) is 4. The molecule has 2 aromatic heterocycles. The molecule has 67 heavy (non-hydrogen) atoms. The van der Waals surface area contributed by atoms with Gasteiger partial charge in [-0.3, -0.25) is 0 Å². The lowest BCUT2D eigenvalue weighted by molar-refractivity contribution is 0.475. The highest BCUT2D eigenvalue weighted by Crippen LogP contribution is 2.55. The molecule has 2 heterocycles. The van der Waals surface area contributed by atoms with Crippen molar-refractivity contribution in [2.45, 2.75) is 73.1 Å². The smallest absolute Gasteiger partial charge is 0.159 e. The summed E-state index contributed by atoms with van der Waals surface area (Å²) in [7, 11) is 0. The van der Waals surface area contributed by atoms with Gasteiger partial charge in [0.2, 0.25) is 0 Å². The molecule has 326 valence electrons. The lowest BCUT2D eigenvalue weighted by Crippen LogP contribution is -2.24. The summed E-state index contributed by atoms with van der Waals surface area (Å²) in [5, 5.41) is 12.4. The van der Waals surface area contributed by atoms with Gasteiger partial charge in [-0.1, -0.05) is 129 Å². The summed E-state index contributed by atoms with van der Waals surface area (Å²) in [5.41, 5.74) is 19.3. The molecule has 0 bridgehead atoms. The Morgan fingerprint density at radius 3 is 1.55 bits per heavy atom. The number of rotatable bonds is 7. The van der Waals surface area contributed by atoms with E-state index in [2.05, 4.69) is 210 Å². The Hall–Kier alpha value is -7.56. The third kappa shape index (κ3) is 5.78. The van der Waals surface area contributed by atoms with Crippen molar-refractivity contribution in [3.8, 4) is 0 Å². The maximum Gasteiger partial charge on any atom is 0.159 e. The topological polar surface area (TPSA) is 32.8 Å². The third-order valence-corrected chi connectivity index (χ3v) is 15.2. The molecular weight excluding hydrogens is 817 g/mol. The van der Waals surface area contributed by atoms with Gasteiger partial charge in [0.05, 0.1) is 22.7 Å². The molecule has 1 aliphatic rings. The summed E-state index contributed by atoms with van der Waals surface area (Å²) < 4.78 is 13.8. The van der Waals surface area contributed by atoms with Crippen LogP contribution in [0.1, 0.15) is 66.1 Å². The van der Waals surface area contributed by atoms with Crippen molar-refractivity contribution < 1.29 is 8.83 Å². The Labute approximate surface area is 391 Å². The molecule has 0 spiro atoms. The second-order valence-electron chi connectivity index (χ2n) is 19.9. The quantitative estimate of drug-likeness (QED) is 0.149. The van der Waals surface area contributed by atoms with Crippen LogP contribution in [-0.4, -0.2) is 0 Å². The number of furan rings is 2. The van der Waals surface area contributed by atoms with E-state index in [0.717, 1.165) is 85.9 Å². The molecule has 0 radical (unpaired) electrons. The van der Waals surface area contributed by atoms with E-state index in [-0.39, 0.29) is 5.41 Å². The van der Waals surface area contributed by atoms with E-state index in [4.69, 9.17) is 8.83 Å². The first-order valence-corrected chi connectivity index (χ1v) is 23.9. The summed E-state index contributed by atoms with van der Waals surface area (Å²) >= 11 is 0. The third-order valence-electron chi connectivity index (χ3n) is 15.2. The predicted octanol–water partition coefficient (Wildman–Crippen LogP) is 18.3. The van der Waals surface area contributed by atoms with Crippen molar-refractivity contribution in [3.05, 3.63) is 191 Å². The van der Waals surface area contributed by atoms with E-state index in [1.165, 1.54) is 82.6 Å². The van der Waals surface area contributed by atoms with Gasteiger partial charge < -0.3 is 18.6 Å². The first kappa shape index (κ1) is 39.8. The summed E-state index contributed by atoms with van der Waals surface area (Å²) in [4.78, 5) is 5.02. The second kappa shape index (κ2) is 14.5. The first-order chi connectivity index (χ1) is 32.6. The van der Waals surface area contributed by atoms with Crippen molar-refractivity contribution in [2.75, 3.05) is 9.80 Å². The van der Waals surface area contributed by atoms with Crippen molar-refractivity contribution in [3.63, 3.8) is 0 Å². The van der Waals surface area contributed by atoms with E-state index in [1.54, 1.807) is 0 Å². The zero-order chi connectivity index (χ0) is 45.5.